The second-order valence-electron chi connectivity index (χ2n) is 5.92. The fraction of sp³-hybridized carbons (Fsp3) is 0.471. The highest BCUT2D eigenvalue weighted by Gasteiger charge is 2.34. The van der Waals surface area contributed by atoms with E-state index in [4.69, 9.17) is 8.83 Å². The lowest BCUT2D eigenvalue weighted by molar-refractivity contribution is -0.127. The molecule has 0 aliphatic carbocycles. The number of thioether (sulfide) groups is 2. The molecule has 24 heavy (non-hydrogen) atoms. The molecule has 0 bridgehead atoms. The van der Waals surface area contributed by atoms with E-state index < -0.39 is 0 Å². The van der Waals surface area contributed by atoms with Gasteiger partial charge in [0.15, 0.2) is 0 Å². The summed E-state index contributed by atoms with van der Waals surface area (Å²) in [6, 6.07) is 7.87. The molecule has 3 rings (SSSR count). The number of rotatable bonds is 8. The fourth-order valence-corrected chi connectivity index (χ4v) is 4.59. The average molecular weight is 367 g/mol. The van der Waals surface area contributed by atoms with Gasteiger partial charge < -0.3 is 18.6 Å². The van der Waals surface area contributed by atoms with Crippen LogP contribution in [-0.4, -0.2) is 47.9 Å². The third-order valence-corrected chi connectivity index (χ3v) is 5.84. The maximum Gasteiger partial charge on any atom is 0.233 e. The summed E-state index contributed by atoms with van der Waals surface area (Å²) in [7, 11) is 4.05. The Hall–Kier alpha value is -1.31. The SMILES string of the molecule is CN(C)Cc1ccc(CSCCN2C(=O)CSC2c2ccco2)o1. The van der Waals surface area contributed by atoms with Crippen molar-refractivity contribution in [2.24, 2.45) is 0 Å². The summed E-state index contributed by atoms with van der Waals surface area (Å²) in [5.41, 5.74) is 0. The van der Waals surface area contributed by atoms with Gasteiger partial charge in [0.2, 0.25) is 5.91 Å². The van der Waals surface area contributed by atoms with E-state index in [1.54, 1.807) is 29.8 Å². The first-order valence-electron chi connectivity index (χ1n) is 7.88. The molecule has 1 unspecified atom stereocenters. The molecule has 2 aromatic heterocycles. The number of hydrogen-bond acceptors (Lipinski definition) is 6. The smallest absolute Gasteiger partial charge is 0.233 e. The van der Waals surface area contributed by atoms with Crippen LogP contribution >= 0.6 is 23.5 Å². The highest BCUT2D eigenvalue weighted by Crippen LogP contribution is 2.38. The Balaban J connectivity index is 1.45. The van der Waals surface area contributed by atoms with Crippen molar-refractivity contribution in [3.05, 3.63) is 47.8 Å². The first-order valence-corrected chi connectivity index (χ1v) is 10.1. The van der Waals surface area contributed by atoms with Crippen molar-refractivity contribution in [3.63, 3.8) is 0 Å². The number of amides is 1. The minimum absolute atomic E-state index is 0.0170. The summed E-state index contributed by atoms with van der Waals surface area (Å²) < 4.78 is 11.3. The van der Waals surface area contributed by atoms with Crippen molar-refractivity contribution in [1.82, 2.24) is 9.80 Å². The lowest BCUT2D eigenvalue weighted by atomic mass is 10.4. The molecule has 1 aliphatic rings. The third-order valence-electron chi connectivity index (χ3n) is 3.66. The zero-order chi connectivity index (χ0) is 16.9. The quantitative estimate of drug-likeness (QED) is 0.667. The Morgan fingerprint density at radius 2 is 2.17 bits per heavy atom. The van der Waals surface area contributed by atoms with Gasteiger partial charge in [0.05, 0.1) is 24.3 Å². The van der Waals surface area contributed by atoms with E-state index in [9.17, 15) is 4.79 Å². The third kappa shape index (κ3) is 4.40. The second kappa shape index (κ2) is 8.18. The van der Waals surface area contributed by atoms with Gasteiger partial charge in [-0.2, -0.15) is 11.8 Å². The van der Waals surface area contributed by atoms with E-state index in [1.807, 2.05) is 43.3 Å². The number of hydrogen-bond donors (Lipinski definition) is 0. The van der Waals surface area contributed by atoms with Crippen LogP contribution in [0, 0.1) is 0 Å². The first kappa shape index (κ1) is 17.5. The molecule has 0 saturated carbocycles. The Morgan fingerprint density at radius 3 is 2.92 bits per heavy atom. The summed E-state index contributed by atoms with van der Waals surface area (Å²) in [6.07, 6.45) is 1.66. The van der Waals surface area contributed by atoms with Crippen molar-refractivity contribution in [2.45, 2.75) is 17.7 Å². The Kier molecular flexibility index (Phi) is 5.97. The molecule has 1 amide bonds. The van der Waals surface area contributed by atoms with E-state index in [1.165, 1.54) is 0 Å². The molecule has 0 radical (unpaired) electrons. The van der Waals surface area contributed by atoms with E-state index in [0.29, 0.717) is 5.75 Å². The lowest BCUT2D eigenvalue weighted by Crippen LogP contribution is -2.30. The standard InChI is InChI=1S/C17H22N2O3S2/c1-18(2)10-13-5-6-14(22-13)11-23-9-7-19-16(20)12-24-17(19)15-4-3-8-21-15/h3-6,8,17H,7,9-12H2,1-2H3. The number of carbonyl (C=O) groups excluding carboxylic acids is 1. The van der Waals surface area contributed by atoms with Crippen LogP contribution in [0.1, 0.15) is 22.7 Å². The number of carbonyl (C=O) groups is 1. The second-order valence-corrected chi connectivity index (χ2v) is 8.10. The van der Waals surface area contributed by atoms with Gasteiger partial charge in [0.25, 0.3) is 0 Å². The van der Waals surface area contributed by atoms with E-state index >= 15 is 0 Å². The highest BCUT2D eigenvalue weighted by molar-refractivity contribution is 8.00. The van der Waals surface area contributed by atoms with Crippen molar-refractivity contribution in [2.75, 3.05) is 32.1 Å². The molecular weight excluding hydrogens is 344 g/mol. The Bertz CT molecular complexity index is 655. The van der Waals surface area contributed by atoms with Crippen LogP contribution in [0.4, 0.5) is 0 Å². The van der Waals surface area contributed by atoms with Gasteiger partial charge in [-0.15, -0.1) is 11.8 Å². The summed E-state index contributed by atoms with van der Waals surface area (Å²) in [4.78, 5) is 16.1. The fourth-order valence-electron chi connectivity index (χ4n) is 2.60. The molecule has 3 heterocycles. The normalized spacial score (nSPS) is 18.0. The van der Waals surface area contributed by atoms with Gasteiger partial charge in [-0.3, -0.25) is 4.79 Å². The van der Waals surface area contributed by atoms with Gasteiger partial charge in [-0.25, -0.2) is 0 Å². The zero-order valence-corrected chi connectivity index (χ0v) is 15.6. The minimum atomic E-state index is 0.0170. The molecule has 1 saturated heterocycles. The predicted molar refractivity (Wildman–Crippen MR) is 97.9 cm³/mol. The van der Waals surface area contributed by atoms with Crippen molar-refractivity contribution >= 4 is 29.4 Å². The van der Waals surface area contributed by atoms with Crippen LogP contribution < -0.4 is 0 Å². The average Bonchev–Trinajstić information content (AvgIpc) is 3.25. The molecule has 1 atom stereocenters. The van der Waals surface area contributed by atoms with Crippen LogP contribution in [0.3, 0.4) is 0 Å². The Morgan fingerprint density at radius 1 is 1.33 bits per heavy atom. The topological polar surface area (TPSA) is 49.8 Å². The molecule has 130 valence electrons. The molecule has 0 spiro atoms. The number of nitrogens with zero attached hydrogens (tertiary/aromatic N) is 2. The number of furan rings is 2. The van der Waals surface area contributed by atoms with Crippen LogP contribution in [-0.2, 0) is 17.1 Å². The summed E-state index contributed by atoms with van der Waals surface area (Å²) in [5, 5.41) is 0.0170. The molecule has 1 fully saturated rings. The van der Waals surface area contributed by atoms with Crippen LogP contribution in [0.2, 0.25) is 0 Å². The molecule has 7 heteroatoms. The van der Waals surface area contributed by atoms with E-state index in [-0.39, 0.29) is 11.3 Å². The van der Waals surface area contributed by atoms with Gasteiger partial charge in [-0.05, 0) is 38.4 Å². The first-order chi connectivity index (χ1) is 11.6. The van der Waals surface area contributed by atoms with Crippen LogP contribution in [0.5, 0.6) is 0 Å². The van der Waals surface area contributed by atoms with Gasteiger partial charge in [0, 0.05) is 12.3 Å². The monoisotopic (exact) mass is 366 g/mol. The predicted octanol–water partition coefficient (Wildman–Crippen LogP) is 3.44. The van der Waals surface area contributed by atoms with Gasteiger partial charge in [-0.1, -0.05) is 0 Å². The molecule has 0 aromatic carbocycles. The largest absolute Gasteiger partial charge is 0.466 e. The molecule has 1 aliphatic heterocycles. The maximum absolute atomic E-state index is 12.1. The van der Waals surface area contributed by atoms with Gasteiger partial charge in [0.1, 0.15) is 22.7 Å². The Labute approximate surface area is 150 Å². The van der Waals surface area contributed by atoms with E-state index in [2.05, 4.69) is 4.90 Å². The molecule has 0 N–H and O–H groups in total. The van der Waals surface area contributed by atoms with Crippen molar-refractivity contribution < 1.29 is 13.6 Å². The van der Waals surface area contributed by atoms with E-state index in [0.717, 1.165) is 41.9 Å². The lowest BCUT2D eigenvalue weighted by Gasteiger charge is -2.21. The van der Waals surface area contributed by atoms with Gasteiger partial charge >= 0.3 is 0 Å². The van der Waals surface area contributed by atoms with Crippen LogP contribution in [0.25, 0.3) is 0 Å². The molecule has 2 aromatic rings. The van der Waals surface area contributed by atoms with Crippen molar-refractivity contribution in [3.8, 4) is 0 Å². The minimum Gasteiger partial charge on any atom is -0.466 e. The van der Waals surface area contributed by atoms with Crippen LogP contribution in [0.15, 0.2) is 39.4 Å². The highest BCUT2D eigenvalue weighted by atomic mass is 32.2. The summed E-state index contributed by atoms with van der Waals surface area (Å²) >= 11 is 3.42. The molecular formula is C17H22N2O3S2. The summed E-state index contributed by atoms with van der Waals surface area (Å²) in [6.45, 7) is 1.54. The molecule has 5 nitrogen and oxygen atoms in total. The maximum atomic E-state index is 12.1. The summed E-state index contributed by atoms with van der Waals surface area (Å²) in [5.74, 6) is 5.26. The zero-order valence-electron chi connectivity index (χ0n) is 13.9. The van der Waals surface area contributed by atoms with Crippen molar-refractivity contribution in [1.29, 1.82) is 0 Å².